The van der Waals surface area contributed by atoms with Crippen LogP contribution in [0.5, 0.6) is 11.5 Å². The van der Waals surface area contributed by atoms with Crippen LogP contribution in [0.2, 0.25) is 5.02 Å². The van der Waals surface area contributed by atoms with Crippen LogP contribution in [0.3, 0.4) is 0 Å². The molecule has 0 unspecified atom stereocenters. The maximum atomic E-state index is 13.5. The highest BCUT2D eigenvalue weighted by atomic mass is 35.5. The minimum absolute atomic E-state index is 0.215. The molecule has 0 saturated carbocycles. The number of hydrazone groups is 1. The van der Waals surface area contributed by atoms with Crippen LogP contribution in [-0.4, -0.2) is 41.3 Å². The number of methoxy groups -OCH3 is 2. The first-order valence-electron chi connectivity index (χ1n) is 10.9. The number of sulfonamides is 1. The summed E-state index contributed by atoms with van der Waals surface area (Å²) < 4.78 is 78.2. The standard InChI is InChI=1S/C25H23ClF3N3O5S/c1-16-4-8-19(9-5-16)38(34,35)32(18-7-10-21(26)20(13-18)25(27,28)29)15-24(33)31-30-14-17-6-11-22(36-2)23(12-17)37-3/h4-14H,15H2,1-3H3,(H,31,33)/b30-14-. The van der Waals surface area contributed by atoms with E-state index in [9.17, 15) is 26.4 Å². The smallest absolute Gasteiger partial charge is 0.417 e. The molecular weight excluding hydrogens is 547 g/mol. The number of amides is 1. The van der Waals surface area contributed by atoms with Crippen molar-refractivity contribution >= 4 is 39.4 Å². The molecule has 0 fully saturated rings. The second-order valence-electron chi connectivity index (χ2n) is 7.89. The van der Waals surface area contributed by atoms with Gasteiger partial charge in [-0.1, -0.05) is 29.3 Å². The quantitative estimate of drug-likeness (QED) is 0.288. The maximum absolute atomic E-state index is 13.5. The summed E-state index contributed by atoms with van der Waals surface area (Å²) in [6.07, 6.45) is -3.57. The van der Waals surface area contributed by atoms with Gasteiger partial charge in [-0.25, -0.2) is 13.8 Å². The van der Waals surface area contributed by atoms with E-state index in [4.69, 9.17) is 21.1 Å². The summed E-state index contributed by atoms with van der Waals surface area (Å²) in [5, 5.41) is 3.20. The maximum Gasteiger partial charge on any atom is 0.417 e. The van der Waals surface area contributed by atoms with E-state index in [1.165, 1.54) is 44.7 Å². The molecule has 3 rings (SSSR count). The molecule has 0 aliphatic rings. The minimum Gasteiger partial charge on any atom is -0.493 e. The second kappa shape index (κ2) is 11.7. The van der Waals surface area contributed by atoms with Crippen molar-refractivity contribution in [3.8, 4) is 11.5 Å². The Kier molecular flexibility index (Phi) is 8.89. The van der Waals surface area contributed by atoms with E-state index in [0.717, 1.165) is 17.7 Å². The fourth-order valence-corrected chi connectivity index (χ4v) is 4.95. The van der Waals surface area contributed by atoms with Gasteiger partial charge in [0.2, 0.25) is 0 Å². The Labute approximate surface area is 222 Å². The molecule has 13 heteroatoms. The number of alkyl halides is 3. The number of nitrogens with zero attached hydrogens (tertiary/aromatic N) is 2. The lowest BCUT2D eigenvalue weighted by molar-refractivity contribution is -0.137. The summed E-state index contributed by atoms with van der Waals surface area (Å²) in [4.78, 5) is 12.5. The van der Waals surface area contributed by atoms with Crippen LogP contribution in [0.15, 0.2) is 70.7 Å². The van der Waals surface area contributed by atoms with Crippen molar-refractivity contribution in [2.45, 2.75) is 18.0 Å². The summed E-state index contributed by atoms with van der Waals surface area (Å²) in [5.41, 5.74) is 1.84. The van der Waals surface area contributed by atoms with E-state index >= 15 is 0 Å². The Hall–Kier alpha value is -3.77. The van der Waals surface area contributed by atoms with Gasteiger partial charge in [0.25, 0.3) is 15.9 Å². The van der Waals surface area contributed by atoms with E-state index in [1.54, 1.807) is 25.1 Å². The van der Waals surface area contributed by atoms with Gasteiger partial charge in [0.05, 0.1) is 41.6 Å². The second-order valence-corrected chi connectivity index (χ2v) is 10.2. The van der Waals surface area contributed by atoms with Crippen molar-refractivity contribution < 1.29 is 35.9 Å². The van der Waals surface area contributed by atoms with Crippen LogP contribution >= 0.6 is 11.6 Å². The predicted octanol–water partition coefficient (Wildman–Crippen LogP) is 5.03. The number of benzene rings is 3. The number of hydrogen-bond acceptors (Lipinski definition) is 6. The van der Waals surface area contributed by atoms with E-state index in [0.29, 0.717) is 27.4 Å². The third-order valence-corrected chi connectivity index (χ3v) is 7.37. The molecule has 0 aromatic heterocycles. The van der Waals surface area contributed by atoms with Crippen LogP contribution in [0.1, 0.15) is 16.7 Å². The molecule has 3 aromatic carbocycles. The molecule has 0 saturated heterocycles. The molecular formula is C25H23ClF3N3O5S. The molecule has 1 N–H and O–H groups in total. The Balaban J connectivity index is 1.92. The molecule has 0 atom stereocenters. The van der Waals surface area contributed by atoms with E-state index < -0.39 is 44.9 Å². The van der Waals surface area contributed by atoms with Gasteiger partial charge in [-0.15, -0.1) is 0 Å². The molecule has 0 bridgehead atoms. The zero-order valence-electron chi connectivity index (χ0n) is 20.4. The molecule has 0 aliphatic heterocycles. The molecule has 1 amide bonds. The lowest BCUT2D eigenvalue weighted by Gasteiger charge is -2.25. The van der Waals surface area contributed by atoms with Crippen LogP contribution in [0.4, 0.5) is 18.9 Å². The lowest BCUT2D eigenvalue weighted by Crippen LogP contribution is -2.39. The largest absolute Gasteiger partial charge is 0.493 e. The van der Waals surface area contributed by atoms with Crippen molar-refractivity contribution in [2.75, 3.05) is 25.1 Å². The summed E-state index contributed by atoms with van der Waals surface area (Å²) in [7, 11) is -1.53. The number of nitrogens with one attached hydrogen (secondary N) is 1. The summed E-state index contributed by atoms with van der Waals surface area (Å²) in [6, 6.07) is 13.1. The van der Waals surface area contributed by atoms with Gasteiger partial charge in [-0.2, -0.15) is 18.3 Å². The fourth-order valence-electron chi connectivity index (χ4n) is 3.32. The summed E-state index contributed by atoms with van der Waals surface area (Å²) >= 11 is 5.70. The Bertz CT molecular complexity index is 1450. The first kappa shape index (κ1) is 28.8. The lowest BCUT2D eigenvalue weighted by atomic mass is 10.2. The number of halogens is 4. The SMILES string of the molecule is COc1ccc(/C=N\NC(=O)CN(c2ccc(Cl)c(C(F)(F)F)c2)S(=O)(=O)c2ccc(C)cc2)cc1OC. The highest BCUT2D eigenvalue weighted by Crippen LogP contribution is 2.38. The Morgan fingerprint density at radius 3 is 2.29 bits per heavy atom. The van der Waals surface area contributed by atoms with Crippen LogP contribution in [-0.2, 0) is 21.0 Å². The van der Waals surface area contributed by atoms with Gasteiger partial charge in [0.15, 0.2) is 11.5 Å². The van der Waals surface area contributed by atoms with Crippen molar-refractivity contribution in [3.63, 3.8) is 0 Å². The van der Waals surface area contributed by atoms with E-state index in [-0.39, 0.29) is 4.90 Å². The average molecular weight is 570 g/mol. The number of rotatable bonds is 9. The highest BCUT2D eigenvalue weighted by Gasteiger charge is 2.35. The van der Waals surface area contributed by atoms with Crippen LogP contribution in [0.25, 0.3) is 0 Å². The first-order chi connectivity index (χ1) is 17.9. The van der Waals surface area contributed by atoms with Crippen molar-refractivity contribution in [1.82, 2.24) is 5.43 Å². The predicted molar refractivity (Wildman–Crippen MR) is 137 cm³/mol. The molecule has 38 heavy (non-hydrogen) atoms. The molecule has 0 heterocycles. The molecule has 3 aromatic rings. The number of hydrogen-bond donors (Lipinski definition) is 1. The Morgan fingerprint density at radius 2 is 1.68 bits per heavy atom. The molecule has 0 radical (unpaired) electrons. The van der Waals surface area contributed by atoms with E-state index in [2.05, 4.69) is 10.5 Å². The van der Waals surface area contributed by atoms with Crippen molar-refractivity contribution in [1.29, 1.82) is 0 Å². The number of carbonyl (C=O) groups excluding carboxylic acids is 1. The zero-order valence-corrected chi connectivity index (χ0v) is 22.0. The monoisotopic (exact) mass is 569 g/mol. The molecule has 202 valence electrons. The normalized spacial score (nSPS) is 11.9. The molecule has 0 aliphatic carbocycles. The topological polar surface area (TPSA) is 97.3 Å². The van der Waals surface area contributed by atoms with Gasteiger partial charge in [-0.3, -0.25) is 9.10 Å². The minimum atomic E-state index is -4.85. The highest BCUT2D eigenvalue weighted by molar-refractivity contribution is 7.92. The van der Waals surface area contributed by atoms with Gasteiger partial charge < -0.3 is 9.47 Å². The first-order valence-corrected chi connectivity index (χ1v) is 12.7. The van der Waals surface area contributed by atoms with Gasteiger partial charge in [0, 0.05) is 0 Å². The van der Waals surface area contributed by atoms with Gasteiger partial charge in [-0.05, 0) is 61.0 Å². The van der Waals surface area contributed by atoms with Crippen molar-refractivity contribution in [3.05, 3.63) is 82.4 Å². The van der Waals surface area contributed by atoms with Gasteiger partial charge in [0.1, 0.15) is 6.54 Å². The number of aryl methyl sites for hydroxylation is 1. The van der Waals surface area contributed by atoms with E-state index in [1.807, 2.05) is 0 Å². The summed E-state index contributed by atoms with van der Waals surface area (Å²) in [6.45, 7) is 0.880. The number of ether oxygens (including phenoxy) is 2. The van der Waals surface area contributed by atoms with Crippen LogP contribution in [0, 0.1) is 6.92 Å². The molecule has 8 nitrogen and oxygen atoms in total. The average Bonchev–Trinajstić information content (AvgIpc) is 2.87. The number of anilines is 1. The van der Waals surface area contributed by atoms with Crippen molar-refractivity contribution in [2.24, 2.45) is 5.10 Å². The van der Waals surface area contributed by atoms with Gasteiger partial charge >= 0.3 is 6.18 Å². The Morgan fingerprint density at radius 1 is 1.03 bits per heavy atom. The third kappa shape index (κ3) is 6.75. The third-order valence-electron chi connectivity index (χ3n) is 5.25. The number of carbonyl (C=O) groups is 1. The zero-order chi connectivity index (χ0) is 28.1. The fraction of sp³-hybridized carbons (Fsp3) is 0.200. The summed E-state index contributed by atoms with van der Waals surface area (Å²) in [5.74, 6) is -0.00546. The molecule has 0 spiro atoms. The van der Waals surface area contributed by atoms with Crippen LogP contribution < -0.4 is 19.2 Å².